The molecule has 0 unspecified atom stereocenters. The Morgan fingerprint density at radius 2 is 1.18 bits per heavy atom. The van der Waals surface area contributed by atoms with Crippen LogP contribution >= 0.6 is 8.60 Å². The van der Waals surface area contributed by atoms with Crippen molar-refractivity contribution in [3.8, 4) is 11.5 Å². The lowest BCUT2D eigenvalue weighted by molar-refractivity contribution is 0.138. The minimum absolute atomic E-state index is 0.243. The molecule has 1 aliphatic rings. The molecular weight excluding hydrogens is 295 g/mol. The largest absolute Gasteiger partial charge is 0.463 e. The van der Waals surface area contributed by atoms with E-state index in [9.17, 15) is 0 Å². The molecule has 0 atom stereocenters. The smallest absolute Gasteiger partial charge is 0.418 e. The Balaban J connectivity index is 1.66. The quantitative estimate of drug-likeness (QED) is 0.638. The third-order valence-electron chi connectivity index (χ3n) is 3.63. The van der Waals surface area contributed by atoms with Gasteiger partial charge in [-0.1, -0.05) is 55.7 Å². The van der Waals surface area contributed by atoms with Crippen LogP contribution < -0.4 is 9.05 Å². The van der Waals surface area contributed by atoms with E-state index in [0.717, 1.165) is 24.3 Å². The van der Waals surface area contributed by atoms with Gasteiger partial charge in [0, 0.05) is 0 Å². The molecule has 0 spiro atoms. The van der Waals surface area contributed by atoms with Gasteiger partial charge in [0.2, 0.25) is 0 Å². The summed E-state index contributed by atoms with van der Waals surface area (Å²) in [5.74, 6) is 1.56. The van der Waals surface area contributed by atoms with Crippen molar-refractivity contribution in [1.29, 1.82) is 0 Å². The summed E-state index contributed by atoms with van der Waals surface area (Å²) < 4.78 is 18.0. The Morgan fingerprint density at radius 3 is 1.68 bits per heavy atom. The summed E-state index contributed by atoms with van der Waals surface area (Å²) >= 11 is 0. The molecule has 0 N–H and O–H groups in total. The topological polar surface area (TPSA) is 27.7 Å². The van der Waals surface area contributed by atoms with Crippen LogP contribution in [0.3, 0.4) is 0 Å². The summed E-state index contributed by atoms with van der Waals surface area (Å²) in [6, 6.07) is 19.4. The van der Waals surface area contributed by atoms with Crippen molar-refractivity contribution < 1.29 is 13.6 Å². The van der Waals surface area contributed by atoms with Crippen LogP contribution in [0.4, 0.5) is 0 Å². The third-order valence-corrected chi connectivity index (χ3v) is 4.82. The van der Waals surface area contributed by atoms with Crippen LogP contribution in [0.25, 0.3) is 0 Å². The van der Waals surface area contributed by atoms with Crippen LogP contribution in [-0.2, 0) is 4.52 Å². The molecule has 0 aromatic heterocycles. The van der Waals surface area contributed by atoms with Crippen LogP contribution in [0.15, 0.2) is 60.7 Å². The first-order valence-electron chi connectivity index (χ1n) is 7.83. The lowest BCUT2D eigenvalue weighted by Crippen LogP contribution is -2.16. The minimum Gasteiger partial charge on any atom is -0.418 e. The second-order valence-electron chi connectivity index (χ2n) is 5.40. The number of hydrogen-bond donors (Lipinski definition) is 0. The second-order valence-corrected chi connectivity index (χ2v) is 6.42. The maximum absolute atomic E-state index is 6.12. The molecule has 3 rings (SSSR count). The Kier molecular flexibility index (Phi) is 5.69. The van der Waals surface area contributed by atoms with Gasteiger partial charge in [0.05, 0.1) is 6.10 Å². The van der Waals surface area contributed by atoms with Gasteiger partial charge in [-0.3, -0.25) is 4.52 Å². The van der Waals surface area contributed by atoms with E-state index in [2.05, 4.69) is 0 Å². The minimum atomic E-state index is -1.44. The molecule has 0 aliphatic heterocycles. The lowest BCUT2D eigenvalue weighted by atomic mass is 9.98. The van der Waals surface area contributed by atoms with Crippen LogP contribution in [0.1, 0.15) is 32.1 Å². The van der Waals surface area contributed by atoms with E-state index >= 15 is 0 Å². The van der Waals surface area contributed by atoms with E-state index < -0.39 is 8.60 Å². The highest BCUT2D eigenvalue weighted by molar-refractivity contribution is 7.42. The molecule has 0 radical (unpaired) electrons. The van der Waals surface area contributed by atoms with E-state index in [1.54, 1.807) is 0 Å². The molecule has 2 aromatic carbocycles. The average molecular weight is 316 g/mol. The monoisotopic (exact) mass is 316 g/mol. The van der Waals surface area contributed by atoms with Crippen LogP contribution in [0.2, 0.25) is 0 Å². The van der Waals surface area contributed by atoms with Crippen molar-refractivity contribution in [1.82, 2.24) is 0 Å². The summed E-state index contributed by atoms with van der Waals surface area (Å²) in [5.41, 5.74) is 0. The van der Waals surface area contributed by atoms with E-state index in [-0.39, 0.29) is 6.10 Å². The highest BCUT2D eigenvalue weighted by atomic mass is 31.2. The molecular formula is C18H21O3P. The first kappa shape index (κ1) is 15.3. The van der Waals surface area contributed by atoms with Gasteiger partial charge in [-0.2, -0.15) is 0 Å². The van der Waals surface area contributed by atoms with Gasteiger partial charge < -0.3 is 9.05 Å². The lowest BCUT2D eigenvalue weighted by Gasteiger charge is -2.25. The summed E-state index contributed by atoms with van der Waals surface area (Å²) in [6.45, 7) is 0. The SMILES string of the molecule is c1ccc(OP(Oc2ccccc2)OC2CCCCC2)cc1. The van der Waals surface area contributed by atoms with Gasteiger partial charge in [0.15, 0.2) is 0 Å². The van der Waals surface area contributed by atoms with E-state index in [1.807, 2.05) is 60.7 Å². The summed E-state index contributed by atoms with van der Waals surface area (Å²) in [6.07, 6.45) is 6.18. The molecule has 1 fully saturated rings. The predicted molar refractivity (Wildman–Crippen MR) is 89.0 cm³/mol. The van der Waals surface area contributed by atoms with Crippen molar-refractivity contribution in [2.45, 2.75) is 38.2 Å². The number of hydrogen-bond acceptors (Lipinski definition) is 3. The fraction of sp³-hybridized carbons (Fsp3) is 0.333. The molecule has 4 heteroatoms. The number of rotatable bonds is 6. The van der Waals surface area contributed by atoms with Gasteiger partial charge in [-0.05, 0) is 37.1 Å². The number of para-hydroxylation sites is 2. The maximum atomic E-state index is 6.12. The summed E-state index contributed by atoms with van der Waals surface area (Å²) in [7, 11) is -1.44. The van der Waals surface area contributed by atoms with Crippen LogP contribution in [-0.4, -0.2) is 6.10 Å². The Hall–Kier alpha value is -1.57. The van der Waals surface area contributed by atoms with Gasteiger partial charge in [-0.25, -0.2) is 0 Å². The zero-order valence-corrected chi connectivity index (χ0v) is 13.5. The van der Waals surface area contributed by atoms with Crippen molar-refractivity contribution >= 4 is 8.60 Å². The van der Waals surface area contributed by atoms with E-state index in [1.165, 1.54) is 19.3 Å². The number of benzene rings is 2. The predicted octanol–water partition coefficient (Wildman–Crippen LogP) is 5.72. The molecule has 1 saturated carbocycles. The van der Waals surface area contributed by atoms with Crippen molar-refractivity contribution in [3.63, 3.8) is 0 Å². The molecule has 3 nitrogen and oxygen atoms in total. The normalized spacial score (nSPS) is 15.7. The first-order chi connectivity index (χ1) is 10.9. The Morgan fingerprint density at radius 1 is 0.682 bits per heavy atom. The van der Waals surface area contributed by atoms with E-state index in [4.69, 9.17) is 13.6 Å². The van der Waals surface area contributed by atoms with Crippen molar-refractivity contribution in [2.75, 3.05) is 0 Å². The zero-order valence-electron chi connectivity index (χ0n) is 12.6. The molecule has 0 heterocycles. The zero-order chi connectivity index (χ0) is 15.0. The van der Waals surface area contributed by atoms with Crippen LogP contribution in [0.5, 0.6) is 11.5 Å². The average Bonchev–Trinajstić information content (AvgIpc) is 2.57. The van der Waals surface area contributed by atoms with E-state index in [0.29, 0.717) is 0 Å². The molecule has 22 heavy (non-hydrogen) atoms. The fourth-order valence-electron chi connectivity index (χ4n) is 2.49. The third kappa shape index (κ3) is 4.72. The molecule has 0 amide bonds. The van der Waals surface area contributed by atoms with Gasteiger partial charge >= 0.3 is 8.60 Å². The highest BCUT2D eigenvalue weighted by Gasteiger charge is 2.24. The molecule has 0 bridgehead atoms. The molecule has 1 aliphatic carbocycles. The fourth-order valence-corrected chi connectivity index (χ4v) is 3.65. The summed E-state index contributed by atoms with van der Waals surface area (Å²) in [4.78, 5) is 0. The Bertz CT molecular complexity index is 499. The van der Waals surface area contributed by atoms with Gasteiger partial charge in [0.25, 0.3) is 0 Å². The Labute approximate surface area is 133 Å². The van der Waals surface area contributed by atoms with Crippen molar-refractivity contribution in [3.05, 3.63) is 60.7 Å². The first-order valence-corrected chi connectivity index (χ1v) is 8.92. The molecule has 0 saturated heterocycles. The maximum Gasteiger partial charge on any atom is 0.463 e. The highest BCUT2D eigenvalue weighted by Crippen LogP contribution is 2.44. The van der Waals surface area contributed by atoms with Crippen molar-refractivity contribution in [2.24, 2.45) is 0 Å². The summed E-state index contributed by atoms with van der Waals surface area (Å²) in [5, 5.41) is 0. The second kappa shape index (κ2) is 8.17. The standard InChI is InChI=1S/C18H21O3P/c1-4-10-16(11-5-1)19-22(20-17-12-6-2-7-13-17)21-18-14-8-3-9-15-18/h1-2,4-7,10-13,18H,3,8-9,14-15H2. The van der Waals surface area contributed by atoms with Gasteiger partial charge in [-0.15, -0.1) is 0 Å². The van der Waals surface area contributed by atoms with Gasteiger partial charge in [0.1, 0.15) is 11.5 Å². The molecule has 2 aromatic rings. The molecule has 116 valence electrons. The van der Waals surface area contributed by atoms with Crippen LogP contribution in [0, 0.1) is 0 Å².